The second-order valence-electron chi connectivity index (χ2n) is 5.24. The van der Waals surface area contributed by atoms with E-state index in [4.69, 9.17) is 4.74 Å². The summed E-state index contributed by atoms with van der Waals surface area (Å²) in [6.07, 6.45) is 3.15. The Balaban J connectivity index is 2.27. The molecule has 1 saturated carbocycles. The van der Waals surface area contributed by atoms with Crippen molar-refractivity contribution < 1.29 is 9.53 Å². The monoisotopic (exact) mass is 214 g/mol. The van der Waals surface area contributed by atoms with E-state index in [0.29, 0.717) is 6.54 Å². The standard InChI is InChI=1S/C11H22N2O2/c1-10(2,3)15-9(14)13-8-11(12-4)6-5-7-11/h12H,5-8H2,1-4H3,(H,13,14). The number of nitrogens with one attached hydrogen (secondary N) is 2. The van der Waals surface area contributed by atoms with E-state index in [-0.39, 0.29) is 11.6 Å². The highest BCUT2D eigenvalue weighted by molar-refractivity contribution is 5.67. The highest BCUT2D eigenvalue weighted by Gasteiger charge is 2.35. The lowest BCUT2D eigenvalue weighted by Crippen LogP contribution is -2.57. The van der Waals surface area contributed by atoms with Gasteiger partial charge in [-0.25, -0.2) is 4.79 Å². The second kappa shape index (κ2) is 4.39. The van der Waals surface area contributed by atoms with Crippen LogP contribution in [0.4, 0.5) is 4.79 Å². The van der Waals surface area contributed by atoms with Crippen LogP contribution >= 0.6 is 0 Å². The minimum atomic E-state index is -0.420. The number of rotatable bonds is 3. The molecule has 0 aromatic rings. The van der Waals surface area contributed by atoms with Crippen molar-refractivity contribution in [2.24, 2.45) is 0 Å². The molecule has 0 heterocycles. The Morgan fingerprint density at radius 1 is 1.40 bits per heavy atom. The molecule has 2 N–H and O–H groups in total. The molecule has 0 saturated heterocycles. The molecule has 4 nitrogen and oxygen atoms in total. The molecule has 88 valence electrons. The molecule has 0 atom stereocenters. The molecule has 15 heavy (non-hydrogen) atoms. The molecule has 0 aromatic carbocycles. The molecule has 0 bridgehead atoms. The Labute approximate surface area is 91.8 Å². The predicted octanol–water partition coefficient (Wildman–Crippen LogP) is 1.65. The number of carbonyl (C=O) groups is 1. The van der Waals surface area contributed by atoms with Gasteiger partial charge in [0.25, 0.3) is 0 Å². The largest absolute Gasteiger partial charge is 0.444 e. The molecule has 0 aliphatic heterocycles. The Bertz CT molecular complexity index is 224. The number of ether oxygens (including phenoxy) is 1. The van der Waals surface area contributed by atoms with Crippen LogP contribution in [-0.2, 0) is 4.74 Å². The van der Waals surface area contributed by atoms with Gasteiger partial charge in [-0.05, 0) is 47.1 Å². The average molecular weight is 214 g/mol. The molecule has 1 aliphatic rings. The summed E-state index contributed by atoms with van der Waals surface area (Å²) in [5.74, 6) is 0. The van der Waals surface area contributed by atoms with E-state index in [9.17, 15) is 4.79 Å². The Morgan fingerprint density at radius 3 is 2.33 bits per heavy atom. The van der Waals surface area contributed by atoms with Crippen LogP contribution in [0.3, 0.4) is 0 Å². The van der Waals surface area contributed by atoms with Gasteiger partial charge in [-0.3, -0.25) is 0 Å². The lowest BCUT2D eigenvalue weighted by atomic mass is 9.77. The quantitative estimate of drug-likeness (QED) is 0.751. The summed E-state index contributed by atoms with van der Waals surface area (Å²) >= 11 is 0. The van der Waals surface area contributed by atoms with E-state index in [1.54, 1.807) is 0 Å². The van der Waals surface area contributed by atoms with Crippen LogP contribution in [0.5, 0.6) is 0 Å². The molecule has 1 rings (SSSR count). The third-order valence-electron chi connectivity index (χ3n) is 2.81. The van der Waals surface area contributed by atoms with Crippen molar-refractivity contribution in [3.05, 3.63) is 0 Å². The second-order valence-corrected chi connectivity index (χ2v) is 5.24. The van der Waals surface area contributed by atoms with Crippen molar-refractivity contribution in [1.82, 2.24) is 10.6 Å². The third kappa shape index (κ3) is 3.70. The van der Waals surface area contributed by atoms with Gasteiger partial charge in [0.1, 0.15) is 5.60 Å². The van der Waals surface area contributed by atoms with Gasteiger partial charge >= 0.3 is 6.09 Å². The Hall–Kier alpha value is -0.770. The molecular weight excluding hydrogens is 192 g/mol. The van der Waals surface area contributed by atoms with Gasteiger partial charge in [-0.2, -0.15) is 0 Å². The van der Waals surface area contributed by atoms with Gasteiger partial charge in [0.2, 0.25) is 0 Å². The minimum Gasteiger partial charge on any atom is -0.444 e. The summed E-state index contributed by atoms with van der Waals surface area (Å²) in [5, 5.41) is 6.07. The summed E-state index contributed by atoms with van der Waals surface area (Å²) in [7, 11) is 1.94. The zero-order chi connectivity index (χ0) is 11.5. The van der Waals surface area contributed by atoms with Crippen molar-refractivity contribution in [3.63, 3.8) is 0 Å². The molecule has 1 aliphatic carbocycles. The maximum absolute atomic E-state index is 11.4. The van der Waals surface area contributed by atoms with E-state index in [1.165, 1.54) is 6.42 Å². The van der Waals surface area contributed by atoms with Crippen LogP contribution in [0, 0.1) is 0 Å². The Morgan fingerprint density at radius 2 is 2.00 bits per heavy atom. The van der Waals surface area contributed by atoms with Crippen molar-refractivity contribution in [2.45, 2.75) is 51.2 Å². The van der Waals surface area contributed by atoms with E-state index >= 15 is 0 Å². The van der Waals surface area contributed by atoms with Crippen LogP contribution < -0.4 is 10.6 Å². The molecule has 1 amide bonds. The molecule has 4 heteroatoms. The van der Waals surface area contributed by atoms with Gasteiger partial charge in [-0.15, -0.1) is 0 Å². The fraction of sp³-hybridized carbons (Fsp3) is 0.909. The number of amides is 1. The number of alkyl carbamates (subject to hydrolysis) is 1. The van der Waals surface area contributed by atoms with E-state index in [0.717, 1.165) is 12.8 Å². The molecule has 0 radical (unpaired) electrons. The normalized spacial score (nSPS) is 19.2. The van der Waals surface area contributed by atoms with Crippen LogP contribution in [0.15, 0.2) is 0 Å². The zero-order valence-electron chi connectivity index (χ0n) is 10.1. The van der Waals surface area contributed by atoms with Crippen LogP contribution in [-0.4, -0.2) is 30.8 Å². The first-order valence-corrected chi connectivity index (χ1v) is 5.53. The fourth-order valence-corrected chi connectivity index (χ4v) is 1.67. The smallest absolute Gasteiger partial charge is 0.407 e. The van der Waals surface area contributed by atoms with Gasteiger partial charge < -0.3 is 15.4 Å². The topological polar surface area (TPSA) is 50.4 Å². The number of carbonyl (C=O) groups excluding carboxylic acids is 1. The summed E-state index contributed by atoms with van der Waals surface area (Å²) in [6.45, 7) is 6.25. The summed E-state index contributed by atoms with van der Waals surface area (Å²) in [6, 6.07) is 0. The highest BCUT2D eigenvalue weighted by atomic mass is 16.6. The SMILES string of the molecule is CNC1(CNC(=O)OC(C)(C)C)CCC1. The van der Waals surface area contributed by atoms with Crippen molar-refractivity contribution in [3.8, 4) is 0 Å². The highest BCUT2D eigenvalue weighted by Crippen LogP contribution is 2.30. The molecular formula is C11H22N2O2. The maximum atomic E-state index is 11.4. The van der Waals surface area contributed by atoms with Crippen molar-refractivity contribution >= 4 is 6.09 Å². The summed E-state index contributed by atoms with van der Waals surface area (Å²) in [5.41, 5.74) is -0.312. The molecule has 0 unspecified atom stereocenters. The first-order valence-electron chi connectivity index (χ1n) is 5.53. The fourth-order valence-electron chi connectivity index (χ4n) is 1.67. The van der Waals surface area contributed by atoms with Crippen LogP contribution in [0.2, 0.25) is 0 Å². The zero-order valence-corrected chi connectivity index (χ0v) is 10.1. The summed E-state index contributed by atoms with van der Waals surface area (Å²) in [4.78, 5) is 11.4. The van der Waals surface area contributed by atoms with Gasteiger partial charge in [0, 0.05) is 12.1 Å². The van der Waals surface area contributed by atoms with Gasteiger partial charge in [0.05, 0.1) is 0 Å². The third-order valence-corrected chi connectivity index (χ3v) is 2.81. The molecule has 1 fully saturated rings. The van der Waals surface area contributed by atoms with E-state index in [2.05, 4.69) is 10.6 Å². The Kier molecular flexibility index (Phi) is 3.60. The average Bonchev–Trinajstić information content (AvgIpc) is 1.99. The lowest BCUT2D eigenvalue weighted by Gasteiger charge is -2.41. The number of hydrogen-bond donors (Lipinski definition) is 2. The van der Waals surface area contributed by atoms with Crippen LogP contribution in [0.1, 0.15) is 40.0 Å². The van der Waals surface area contributed by atoms with Gasteiger partial charge in [0.15, 0.2) is 0 Å². The number of hydrogen-bond acceptors (Lipinski definition) is 3. The lowest BCUT2D eigenvalue weighted by molar-refractivity contribution is 0.0490. The first kappa shape index (κ1) is 12.3. The predicted molar refractivity (Wildman–Crippen MR) is 59.9 cm³/mol. The van der Waals surface area contributed by atoms with Crippen molar-refractivity contribution in [2.75, 3.05) is 13.6 Å². The molecule has 0 aromatic heterocycles. The van der Waals surface area contributed by atoms with E-state index < -0.39 is 5.60 Å². The van der Waals surface area contributed by atoms with E-state index in [1.807, 2.05) is 27.8 Å². The maximum Gasteiger partial charge on any atom is 0.407 e. The summed E-state index contributed by atoms with van der Waals surface area (Å²) < 4.78 is 5.17. The molecule has 0 spiro atoms. The minimum absolute atomic E-state index is 0.108. The van der Waals surface area contributed by atoms with Crippen molar-refractivity contribution in [1.29, 1.82) is 0 Å². The first-order chi connectivity index (χ1) is 6.87. The van der Waals surface area contributed by atoms with Crippen LogP contribution in [0.25, 0.3) is 0 Å². The van der Waals surface area contributed by atoms with Gasteiger partial charge in [-0.1, -0.05) is 0 Å². The number of likely N-dealkylation sites (N-methyl/N-ethyl adjacent to an activating group) is 1.